The molecule has 134 valence electrons. The van der Waals surface area contributed by atoms with Crippen LogP contribution in [0, 0.1) is 6.92 Å². The number of ether oxygens (including phenoxy) is 1. The van der Waals surface area contributed by atoms with Crippen LogP contribution in [0.2, 0.25) is 0 Å². The van der Waals surface area contributed by atoms with E-state index in [0.717, 1.165) is 11.1 Å². The first kappa shape index (κ1) is 19.0. The zero-order valence-electron chi connectivity index (χ0n) is 14.4. The van der Waals surface area contributed by atoms with E-state index in [9.17, 15) is 13.2 Å². The first-order chi connectivity index (χ1) is 11.8. The first-order valence-electron chi connectivity index (χ1n) is 7.81. The monoisotopic (exact) mass is 362 g/mol. The smallest absolute Gasteiger partial charge is 0.241 e. The maximum atomic E-state index is 12.3. The minimum atomic E-state index is -3.78. The van der Waals surface area contributed by atoms with Crippen LogP contribution in [0.15, 0.2) is 53.4 Å². The third-order valence-corrected chi connectivity index (χ3v) is 5.24. The van der Waals surface area contributed by atoms with E-state index in [-0.39, 0.29) is 4.90 Å². The number of benzene rings is 2. The molecule has 0 saturated heterocycles. The topological polar surface area (TPSA) is 84.5 Å². The van der Waals surface area contributed by atoms with Gasteiger partial charge < -0.3 is 10.1 Å². The minimum Gasteiger partial charge on any atom is -0.497 e. The van der Waals surface area contributed by atoms with Crippen molar-refractivity contribution in [3.63, 3.8) is 0 Å². The van der Waals surface area contributed by atoms with Gasteiger partial charge in [-0.15, -0.1) is 0 Å². The Morgan fingerprint density at radius 2 is 1.68 bits per heavy atom. The third kappa shape index (κ3) is 5.30. The van der Waals surface area contributed by atoms with E-state index >= 15 is 0 Å². The highest BCUT2D eigenvalue weighted by molar-refractivity contribution is 7.89. The van der Waals surface area contributed by atoms with Crippen LogP contribution in [-0.4, -0.2) is 27.5 Å². The summed E-state index contributed by atoms with van der Waals surface area (Å²) in [5.41, 5.74) is 2.08. The van der Waals surface area contributed by atoms with Crippen LogP contribution in [0.3, 0.4) is 0 Å². The molecule has 0 aliphatic rings. The molecule has 2 aromatic carbocycles. The molecule has 2 rings (SSSR count). The van der Waals surface area contributed by atoms with Crippen LogP contribution in [-0.2, 0) is 21.4 Å². The van der Waals surface area contributed by atoms with E-state index in [1.807, 2.05) is 31.2 Å². The molecule has 0 unspecified atom stereocenters. The van der Waals surface area contributed by atoms with Gasteiger partial charge in [0.25, 0.3) is 0 Å². The van der Waals surface area contributed by atoms with Crippen molar-refractivity contribution in [2.75, 3.05) is 7.11 Å². The van der Waals surface area contributed by atoms with E-state index in [1.165, 1.54) is 26.2 Å². The lowest BCUT2D eigenvalue weighted by atomic mass is 10.1. The fourth-order valence-electron chi connectivity index (χ4n) is 2.16. The molecule has 0 saturated carbocycles. The summed E-state index contributed by atoms with van der Waals surface area (Å²) in [5, 5.41) is 2.72. The van der Waals surface area contributed by atoms with Gasteiger partial charge in [0, 0.05) is 6.54 Å². The number of rotatable bonds is 7. The summed E-state index contributed by atoms with van der Waals surface area (Å²) < 4.78 is 32.0. The predicted molar refractivity (Wildman–Crippen MR) is 95.8 cm³/mol. The number of methoxy groups -OCH3 is 1. The van der Waals surface area contributed by atoms with Crippen molar-refractivity contribution in [1.29, 1.82) is 0 Å². The van der Waals surface area contributed by atoms with E-state index in [4.69, 9.17) is 4.74 Å². The summed E-state index contributed by atoms with van der Waals surface area (Å²) in [5.74, 6) is 0.167. The summed E-state index contributed by atoms with van der Waals surface area (Å²) in [6, 6.07) is 12.8. The average Bonchev–Trinajstić information content (AvgIpc) is 2.60. The molecule has 0 radical (unpaired) electrons. The Kier molecular flexibility index (Phi) is 6.17. The van der Waals surface area contributed by atoms with E-state index < -0.39 is 22.0 Å². The van der Waals surface area contributed by atoms with Crippen LogP contribution in [0.4, 0.5) is 0 Å². The lowest BCUT2D eigenvalue weighted by Gasteiger charge is -2.15. The molecule has 0 spiro atoms. The van der Waals surface area contributed by atoms with Crippen LogP contribution in [0.25, 0.3) is 0 Å². The van der Waals surface area contributed by atoms with Crippen LogP contribution >= 0.6 is 0 Å². The molecule has 6 nitrogen and oxygen atoms in total. The van der Waals surface area contributed by atoms with Crippen molar-refractivity contribution in [3.05, 3.63) is 59.7 Å². The second-order valence-electron chi connectivity index (χ2n) is 5.72. The predicted octanol–water partition coefficient (Wildman–Crippen LogP) is 1.99. The van der Waals surface area contributed by atoms with Gasteiger partial charge >= 0.3 is 0 Å². The molecule has 0 heterocycles. The molecule has 25 heavy (non-hydrogen) atoms. The normalized spacial score (nSPS) is 12.4. The van der Waals surface area contributed by atoms with Gasteiger partial charge in [0.2, 0.25) is 15.9 Å². The fraction of sp³-hybridized carbons (Fsp3) is 0.278. The summed E-state index contributed by atoms with van der Waals surface area (Å²) >= 11 is 0. The Labute approximate surface area is 148 Å². The molecule has 7 heteroatoms. The molecule has 2 aromatic rings. The summed E-state index contributed by atoms with van der Waals surface area (Å²) in [6.07, 6.45) is 0. The molecule has 0 fully saturated rings. The maximum Gasteiger partial charge on any atom is 0.241 e. The third-order valence-electron chi connectivity index (χ3n) is 3.68. The Morgan fingerprint density at radius 3 is 2.24 bits per heavy atom. The number of hydrogen-bond acceptors (Lipinski definition) is 4. The van der Waals surface area contributed by atoms with Gasteiger partial charge in [-0.1, -0.05) is 29.8 Å². The number of carbonyl (C=O) groups is 1. The minimum absolute atomic E-state index is 0.0754. The zero-order valence-corrected chi connectivity index (χ0v) is 15.3. The number of amides is 1. The van der Waals surface area contributed by atoms with E-state index in [0.29, 0.717) is 12.3 Å². The van der Waals surface area contributed by atoms with Gasteiger partial charge in [-0.25, -0.2) is 8.42 Å². The zero-order chi connectivity index (χ0) is 18.4. The van der Waals surface area contributed by atoms with Gasteiger partial charge in [0.15, 0.2) is 0 Å². The van der Waals surface area contributed by atoms with Crippen molar-refractivity contribution < 1.29 is 17.9 Å². The lowest BCUT2D eigenvalue weighted by molar-refractivity contribution is -0.122. The first-order valence-corrected chi connectivity index (χ1v) is 9.30. The van der Waals surface area contributed by atoms with Crippen LogP contribution < -0.4 is 14.8 Å². The Hall–Kier alpha value is -2.38. The largest absolute Gasteiger partial charge is 0.497 e. The van der Waals surface area contributed by atoms with Crippen LogP contribution in [0.5, 0.6) is 5.75 Å². The Bertz CT molecular complexity index is 815. The van der Waals surface area contributed by atoms with Gasteiger partial charge in [0.1, 0.15) is 5.75 Å². The van der Waals surface area contributed by atoms with E-state index in [1.54, 1.807) is 12.1 Å². The molecule has 1 atom stereocenters. The highest BCUT2D eigenvalue weighted by Crippen LogP contribution is 2.15. The summed E-state index contributed by atoms with van der Waals surface area (Å²) in [4.78, 5) is 12.2. The maximum absolute atomic E-state index is 12.3. The highest BCUT2D eigenvalue weighted by atomic mass is 32.2. The standard InChI is InChI=1S/C18H22N2O4S/c1-13-4-6-15(7-5-13)12-19-18(21)14(2)20-25(22,23)17-10-8-16(24-3)9-11-17/h4-11,14,20H,12H2,1-3H3,(H,19,21)/t14-/m0/s1. The molecule has 0 bridgehead atoms. The van der Waals surface area contributed by atoms with Crippen molar-refractivity contribution in [1.82, 2.24) is 10.0 Å². The molecule has 1 amide bonds. The van der Waals surface area contributed by atoms with Crippen molar-refractivity contribution >= 4 is 15.9 Å². The second kappa shape index (κ2) is 8.13. The van der Waals surface area contributed by atoms with Crippen molar-refractivity contribution in [2.45, 2.75) is 31.3 Å². The SMILES string of the molecule is COc1ccc(S(=O)(=O)N[C@@H](C)C(=O)NCc2ccc(C)cc2)cc1. The number of hydrogen-bond donors (Lipinski definition) is 2. The quantitative estimate of drug-likeness (QED) is 0.789. The number of carbonyl (C=O) groups excluding carboxylic acids is 1. The Morgan fingerprint density at radius 1 is 1.08 bits per heavy atom. The highest BCUT2D eigenvalue weighted by Gasteiger charge is 2.21. The Balaban J connectivity index is 1.95. The summed E-state index contributed by atoms with van der Waals surface area (Å²) in [6.45, 7) is 3.83. The second-order valence-corrected chi connectivity index (χ2v) is 7.44. The number of sulfonamides is 1. The molecule has 0 aliphatic heterocycles. The number of aryl methyl sites for hydroxylation is 1. The van der Waals surface area contributed by atoms with Gasteiger partial charge in [0.05, 0.1) is 18.0 Å². The molecule has 0 aromatic heterocycles. The summed E-state index contributed by atoms with van der Waals surface area (Å²) in [7, 11) is -2.28. The van der Waals surface area contributed by atoms with E-state index in [2.05, 4.69) is 10.0 Å². The molecule has 2 N–H and O–H groups in total. The molecular formula is C18H22N2O4S. The van der Waals surface area contributed by atoms with Crippen molar-refractivity contribution in [3.8, 4) is 5.75 Å². The van der Waals surface area contributed by atoms with Gasteiger partial charge in [-0.2, -0.15) is 4.72 Å². The average molecular weight is 362 g/mol. The fourth-order valence-corrected chi connectivity index (χ4v) is 3.36. The molecular weight excluding hydrogens is 340 g/mol. The number of nitrogens with one attached hydrogen (secondary N) is 2. The lowest BCUT2D eigenvalue weighted by Crippen LogP contribution is -2.44. The van der Waals surface area contributed by atoms with Gasteiger partial charge in [-0.05, 0) is 43.7 Å². The van der Waals surface area contributed by atoms with Crippen LogP contribution in [0.1, 0.15) is 18.1 Å². The molecule has 0 aliphatic carbocycles. The van der Waals surface area contributed by atoms with Crippen molar-refractivity contribution in [2.24, 2.45) is 0 Å². The van der Waals surface area contributed by atoms with Gasteiger partial charge in [-0.3, -0.25) is 4.79 Å².